The van der Waals surface area contributed by atoms with Gasteiger partial charge in [0.2, 0.25) is 0 Å². The monoisotopic (exact) mass is 1040 g/mol. The van der Waals surface area contributed by atoms with Gasteiger partial charge in [-0.25, -0.2) is 0 Å². The van der Waals surface area contributed by atoms with E-state index in [0.717, 1.165) is 45.3 Å². The molecule has 81 heavy (non-hydrogen) atoms. The zero-order valence-electron chi connectivity index (χ0n) is 47.6. The molecule has 11 aromatic carbocycles. The molecule has 14 rings (SSSR count). The van der Waals surface area contributed by atoms with Gasteiger partial charge < -0.3 is 9.80 Å². The predicted molar refractivity (Wildman–Crippen MR) is 349 cm³/mol. The normalized spacial score (nSPS) is 13.3. The third-order valence-corrected chi connectivity index (χ3v) is 16.9. The standard InChI is InChI=1S/C79H64N2/c1-47-32-48(2)37-64(36-47)80(65-38-49(3)33-50(4)39-65)71-30-24-55(9)73-74(61-21-14-20-60(71)46-61)76(63-28-26-57-17-11-13-19-59(57)45-63)79-70-29-31-72(81(66-40-51(5)34-52(6)41-66)67-42-53(7)35-54(8)43-67)68-22-15-23-69(77(68)70)78(79)75(73)62-27-25-56-16-10-12-18-58(56)44-62/h10-45H,9,46H2,1-8H3. The Morgan fingerprint density at radius 3 is 1.32 bits per heavy atom. The van der Waals surface area contributed by atoms with Gasteiger partial charge in [0.25, 0.3) is 0 Å². The molecule has 390 valence electrons. The molecule has 0 heterocycles. The van der Waals surface area contributed by atoms with E-state index in [0.29, 0.717) is 6.42 Å². The molecule has 0 spiro atoms. The first-order chi connectivity index (χ1) is 39.3. The van der Waals surface area contributed by atoms with E-state index < -0.39 is 0 Å². The summed E-state index contributed by atoms with van der Waals surface area (Å²) < 4.78 is 0. The van der Waals surface area contributed by atoms with E-state index in [1.165, 1.54) is 138 Å². The zero-order valence-corrected chi connectivity index (χ0v) is 47.6. The smallest absolute Gasteiger partial charge is 0.0540 e. The van der Waals surface area contributed by atoms with Gasteiger partial charge in [-0.05, 0) is 272 Å². The van der Waals surface area contributed by atoms with Crippen LogP contribution in [0.3, 0.4) is 0 Å². The molecule has 0 fully saturated rings. The lowest BCUT2D eigenvalue weighted by atomic mass is 9.75. The van der Waals surface area contributed by atoms with Gasteiger partial charge in [0.05, 0.1) is 5.69 Å². The third kappa shape index (κ3) is 8.57. The van der Waals surface area contributed by atoms with Crippen molar-refractivity contribution >= 4 is 71.9 Å². The number of hydrogen-bond donors (Lipinski definition) is 0. The van der Waals surface area contributed by atoms with Gasteiger partial charge in [-0.2, -0.15) is 0 Å². The summed E-state index contributed by atoms with van der Waals surface area (Å²) in [5.74, 6) is 0. The van der Waals surface area contributed by atoms with Crippen molar-refractivity contribution in [1.29, 1.82) is 0 Å². The number of benzene rings is 11. The number of nitrogens with zero attached hydrogens (tertiary/aromatic N) is 2. The Balaban J connectivity index is 1.11. The van der Waals surface area contributed by atoms with Crippen molar-refractivity contribution in [3.8, 4) is 44.5 Å². The second-order valence-electron chi connectivity index (χ2n) is 23.3. The lowest BCUT2D eigenvalue weighted by molar-refractivity contribution is 1.12. The van der Waals surface area contributed by atoms with Gasteiger partial charge in [0.1, 0.15) is 0 Å². The van der Waals surface area contributed by atoms with Crippen LogP contribution in [0.5, 0.6) is 0 Å². The Hall–Kier alpha value is -9.50. The highest BCUT2D eigenvalue weighted by Gasteiger charge is 2.36. The maximum Gasteiger partial charge on any atom is 0.0540 e. The number of fused-ring (bicyclic) bond motifs is 9. The SMILES string of the molecule is C=C1C=CC(N(c2cc(C)cc(C)c2)c2cc(C)cc(C)c2)=C2C=CC=C(C2)c2c1c(-c1ccc3ccccc3c1)c1c(c2-c2ccc3ccccc3c2)-c2ccc(N(c3cc(C)cc(C)c3)c3cc(C)cc(C)c3)c3cccc-1c23. The molecule has 3 aliphatic rings. The summed E-state index contributed by atoms with van der Waals surface area (Å²) in [6.45, 7) is 22.9. The van der Waals surface area contributed by atoms with Crippen LogP contribution < -0.4 is 9.80 Å². The molecule has 0 unspecified atom stereocenters. The molecule has 0 aromatic heterocycles. The third-order valence-electron chi connectivity index (χ3n) is 16.9. The zero-order chi connectivity index (χ0) is 55.4. The molecule has 2 heteroatoms. The van der Waals surface area contributed by atoms with Crippen LogP contribution >= 0.6 is 0 Å². The van der Waals surface area contributed by atoms with Gasteiger partial charge in [-0.15, -0.1) is 0 Å². The Morgan fingerprint density at radius 2 is 0.815 bits per heavy atom. The average Bonchev–Trinajstić information content (AvgIpc) is 3.92. The van der Waals surface area contributed by atoms with Crippen molar-refractivity contribution in [2.45, 2.75) is 61.8 Å². The summed E-state index contributed by atoms with van der Waals surface area (Å²) in [7, 11) is 0. The van der Waals surface area contributed by atoms with E-state index in [9.17, 15) is 0 Å². The molecular weight excluding hydrogens is 977 g/mol. The lowest BCUT2D eigenvalue weighted by Gasteiger charge is -2.31. The molecule has 2 bridgehead atoms. The average molecular weight is 1040 g/mol. The minimum atomic E-state index is 0.709. The second-order valence-corrected chi connectivity index (χ2v) is 23.3. The Bertz CT molecular complexity index is 4480. The maximum absolute atomic E-state index is 5.22. The molecule has 0 amide bonds. The largest absolute Gasteiger partial charge is 0.310 e. The minimum absolute atomic E-state index is 0.709. The number of aryl methyl sites for hydroxylation is 8. The number of hydrogen-bond acceptors (Lipinski definition) is 2. The van der Waals surface area contributed by atoms with E-state index in [4.69, 9.17) is 6.58 Å². The summed E-state index contributed by atoms with van der Waals surface area (Å²) in [4.78, 5) is 4.99. The first kappa shape index (κ1) is 49.8. The molecular formula is C79H64N2. The summed E-state index contributed by atoms with van der Waals surface area (Å²) in [6.07, 6.45) is 12.4. The van der Waals surface area contributed by atoms with Crippen molar-refractivity contribution in [1.82, 2.24) is 0 Å². The molecule has 0 atom stereocenters. The van der Waals surface area contributed by atoms with Crippen LogP contribution in [0.4, 0.5) is 28.4 Å². The Labute approximate surface area is 477 Å². The number of anilines is 5. The fourth-order valence-corrected chi connectivity index (χ4v) is 13.9. The van der Waals surface area contributed by atoms with Crippen molar-refractivity contribution in [2.24, 2.45) is 0 Å². The van der Waals surface area contributed by atoms with Gasteiger partial charge in [-0.1, -0.05) is 152 Å². The minimum Gasteiger partial charge on any atom is -0.310 e. The van der Waals surface area contributed by atoms with Crippen LogP contribution in [-0.4, -0.2) is 0 Å². The van der Waals surface area contributed by atoms with E-state index >= 15 is 0 Å². The summed E-state index contributed by atoms with van der Waals surface area (Å²) in [5, 5.41) is 7.33. The topological polar surface area (TPSA) is 6.48 Å². The highest BCUT2D eigenvalue weighted by molar-refractivity contribution is 6.26. The van der Waals surface area contributed by atoms with E-state index in [2.05, 4.69) is 284 Å². The molecule has 0 saturated heterocycles. The van der Waals surface area contributed by atoms with Crippen molar-refractivity contribution in [2.75, 3.05) is 9.80 Å². The number of rotatable bonds is 8. The Morgan fingerprint density at radius 1 is 0.358 bits per heavy atom. The number of allylic oxidation sites excluding steroid dienone is 8. The van der Waals surface area contributed by atoms with Gasteiger partial charge in [0.15, 0.2) is 0 Å². The van der Waals surface area contributed by atoms with Gasteiger partial charge >= 0.3 is 0 Å². The highest BCUT2D eigenvalue weighted by atomic mass is 15.2. The lowest BCUT2D eigenvalue weighted by Crippen LogP contribution is -2.18. The van der Waals surface area contributed by atoms with Crippen molar-refractivity contribution < 1.29 is 0 Å². The Kier molecular flexibility index (Phi) is 11.9. The second kappa shape index (κ2) is 19.4. The fourth-order valence-electron chi connectivity index (χ4n) is 13.9. The van der Waals surface area contributed by atoms with Crippen molar-refractivity contribution in [3.05, 3.63) is 292 Å². The van der Waals surface area contributed by atoms with Gasteiger partial charge in [-0.3, -0.25) is 0 Å². The first-order valence-electron chi connectivity index (χ1n) is 28.5. The van der Waals surface area contributed by atoms with Crippen LogP contribution in [0, 0.1) is 55.4 Å². The maximum atomic E-state index is 5.22. The van der Waals surface area contributed by atoms with Crippen LogP contribution in [0.25, 0.3) is 88.0 Å². The molecule has 0 aliphatic heterocycles. The van der Waals surface area contributed by atoms with Crippen molar-refractivity contribution in [3.63, 3.8) is 0 Å². The van der Waals surface area contributed by atoms with E-state index in [-0.39, 0.29) is 0 Å². The van der Waals surface area contributed by atoms with E-state index in [1.54, 1.807) is 0 Å². The highest BCUT2D eigenvalue weighted by Crippen LogP contribution is 2.61. The summed E-state index contributed by atoms with van der Waals surface area (Å²) in [6, 6.07) is 71.5. The summed E-state index contributed by atoms with van der Waals surface area (Å²) in [5.41, 5.74) is 32.4. The molecule has 2 nitrogen and oxygen atoms in total. The predicted octanol–water partition coefficient (Wildman–Crippen LogP) is 22.1. The molecule has 0 N–H and O–H groups in total. The van der Waals surface area contributed by atoms with Crippen LogP contribution in [-0.2, 0) is 0 Å². The molecule has 11 aromatic rings. The van der Waals surface area contributed by atoms with Crippen LogP contribution in [0.1, 0.15) is 62.1 Å². The molecule has 0 radical (unpaired) electrons. The van der Waals surface area contributed by atoms with Gasteiger partial charge in [0, 0.05) is 40.3 Å². The molecule has 3 aliphatic carbocycles. The van der Waals surface area contributed by atoms with Crippen LogP contribution in [0.2, 0.25) is 0 Å². The summed E-state index contributed by atoms with van der Waals surface area (Å²) >= 11 is 0. The quantitative estimate of drug-likeness (QED) is 0.150. The van der Waals surface area contributed by atoms with E-state index in [1.807, 2.05) is 0 Å². The molecule has 0 saturated carbocycles. The van der Waals surface area contributed by atoms with Crippen LogP contribution in [0.15, 0.2) is 236 Å². The fraction of sp³-hybridized carbons (Fsp3) is 0.114. The first-order valence-corrected chi connectivity index (χ1v) is 28.5.